The lowest BCUT2D eigenvalue weighted by Gasteiger charge is -2.19. The number of aldehydes is 1. The van der Waals surface area contributed by atoms with Crippen LogP contribution in [0.15, 0.2) is 16.6 Å². The number of carbonyl (C=O) groups is 1. The number of benzene rings is 1. The molecule has 80 valence electrons. The molecule has 15 heavy (non-hydrogen) atoms. The molecule has 0 radical (unpaired) electrons. The minimum Gasteiger partial charge on any atom is -0.373 e. The van der Waals surface area contributed by atoms with Gasteiger partial charge in [-0.1, -0.05) is 29.8 Å². The number of likely N-dealkylation sites (N-methyl/N-ethyl adjacent to an activating group) is 1. The number of hydrogen-bond donors (Lipinski definition) is 0. The fourth-order valence-corrected chi connectivity index (χ4v) is 3.41. The summed E-state index contributed by atoms with van der Waals surface area (Å²) in [4.78, 5) is 13.0. The Bertz CT molecular complexity index is 426. The number of nitrogens with zero attached hydrogens (tertiary/aromatic N) is 1. The summed E-state index contributed by atoms with van der Waals surface area (Å²) >= 11 is 3.56. The molecule has 2 nitrogen and oxygen atoms in total. The maximum Gasteiger partial charge on any atom is 0.150 e. The lowest BCUT2D eigenvalue weighted by Crippen LogP contribution is -2.25. The number of hydrogen-bond acceptors (Lipinski definition) is 2. The van der Waals surface area contributed by atoms with Crippen LogP contribution in [0.5, 0.6) is 0 Å². The van der Waals surface area contributed by atoms with Crippen LogP contribution in [0.25, 0.3) is 0 Å². The number of fused-ring (bicyclic) bond motifs is 1. The molecule has 0 N–H and O–H groups in total. The first kappa shape index (κ1) is 10.7. The molecule has 2 rings (SSSR count). The van der Waals surface area contributed by atoms with Crippen molar-refractivity contribution in [3.05, 3.63) is 27.7 Å². The molecule has 0 fully saturated rings. The minimum absolute atomic E-state index is 0.143. The van der Waals surface area contributed by atoms with Crippen LogP contribution < -0.4 is 4.90 Å². The van der Waals surface area contributed by atoms with Gasteiger partial charge in [-0.15, -0.1) is 0 Å². The van der Waals surface area contributed by atoms with E-state index in [1.807, 2.05) is 12.1 Å². The number of carbonyl (C=O) groups excluding carboxylic acids is 1. The van der Waals surface area contributed by atoms with Gasteiger partial charge in [0, 0.05) is 34.7 Å². The topological polar surface area (TPSA) is 20.3 Å². The van der Waals surface area contributed by atoms with Gasteiger partial charge in [0.2, 0.25) is 0 Å². The Morgan fingerprint density at radius 3 is 2.73 bits per heavy atom. The highest BCUT2D eigenvalue weighted by atomic mass is 79.9. The molecule has 0 spiro atoms. The zero-order chi connectivity index (χ0) is 11.2. The highest BCUT2D eigenvalue weighted by molar-refractivity contribution is 9.10. The van der Waals surface area contributed by atoms with E-state index in [4.69, 9.17) is 0 Å². The summed E-state index contributed by atoms with van der Waals surface area (Å²) in [5.41, 5.74) is 3.34. The van der Waals surface area contributed by atoms with Crippen LogP contribution in [-0.2, 0) is 5.41 Å². The standard InChI is InChI=1S/C12H14BrNO/c1-12(2)7-14(3)10-5-8(6-15)4-9(13)11(10)12/h4-6H,7H2,1-3H3. The highest BCUT2D eigenvalue weighted by Crippen LogP contribution is 2.44. The van der Waals surface area contributed by atoms with E-state index in [-0.39, 0.29) is 5.41 Å². The first-order valence-electron chi connectivity index (χ1n) is 4.96. The Hall–Kier alpha value is -0.830. The van der Waals surface area contributed by atoms with Crippen LogP contribution in [-0.4, -0.2) is 19.9 Å². The molecule has 3 heteroatoms. The fraction of sp³-hybridized carbons (Fsp3) is 0.417. The van der Waals surface area contributed by atoms with Crippen molar-refractivity contribution in [2.75, 3.05) is 18.5 Å². The van der Waals surface area contributed by atoms with Gasteiger partial charge in [0.05, 0.1) is 0 Å². The lowest BCUT2D eigenvalue weighted by molar-refractivity contribution is 0.112. The van der Waals surface area contributed by atoms with Crippen molar-refractivity contribution in [2.45, 2.75) is 19.3 Å². The summed E-state index contributed by atoms with van der Waals surface area (Å²) in [5, 5.41) is 0. The molecule has 0 aliphatic carbocycles. The Labute approximate surface area is 98.4 Å². The normalized spacial score (nSPS) is 17.7. The minimum atomic E-state index is 0.143. The van der Waals surface area contributed by atoms with Gasteiger partial charge < -0.3 is 4.90 Å². The molecule has 0 amide bonds. The third-order valence-corrected chi connectivity index (χ3v) is 3.57. The van der Waals surface area contributed by atoms with E-state index in [0.717, 1.165) is 28.6 Å². The van der Waals surface area contributed by atoms with Gasteiger partial charge in [0.15, 0.2) is 0 Å². The second kappa shape index (κ2) is 3.34. The first-order chi connectivity index (χ1) is 6.95. The molecule has 1 heterocycles. The fourth-order valence-electron chi connectivity index (χ4n) is 2.41. The molecule has 1 aromatic carbocycles. The van der Waals surface area contributed by atoms with Crippen molar-refractivity contribution < 1.29 is 4.79 Å². The average molecular weight is 268 g/mol. The maximum absolute atomic E-state index is 10.8. The zero-order valence-corrected chi connectivity index (χ0v) is 10.8. The molecule has 0 aromatic heterocycles. The molecular weight excluding hydrogens is 254 g/mol. The van der Waals surface area contributed by atoms with Gasteiger partial charge >= 0.3 is 0 Å². The number of anilines is 1. The smallest absolute Gasteiger partial charge is 0.150 e. The number of rotatable bonds is 1. The van der Waals surface area contributed by atoms with Crippen LogP contribution in [0.3, 0.4) is 0 Å². The molecule has 1 aliphatic heterocycles. The van der Waals surface area contributed by atoms with Gasteiger partial charge in [-0.3, -0.25) is 4.79 Å². The zero-order valence-electron chi connectivity index (χ0n) is 9.17. The predicted octanol–water partition coefficient (Wildman–Crippen LogP) is 2.99. The third-order valence-electron chi connectivity index (χ3n) is 2.95. The van der Waals surface area contributed by atoms with Crippen LogP contribution in [0, 0.1) is 0 Å². The predicted molar refractivity (Wildman–Crippen MR) is 65.8 cm³/mol. The summed E-state index contributed by atoms with van der Waals surface area (Å²) in [7, 11) is 2.06. The molecule has 0 unspecified atom stereocenters. The largest absolute Gasteiger partial charge is 0.373 e. The summed E-state index contributed by atoms with van der Waals surface area (Å²) in [5.74, 6) is 0. The lowest BCUT2D eigenvalue weighted by atomic mass is 9.86. The van der Waals surface area contributed by atoms with Crippen LogP contribution >= 0.6 is 15.9 Å². The number of halogens is 1. The monoisotopic (exact) mass is 267 g/mol. The van der Waals surface area contributed by atoms with Crippen LogP contribution in [0.2, 0.25) is 0 Å². The van der Waals surface area contributed by atoms with Crippen molar-refractivity contribution in [1.82, 2.24) is 0 Å². The Balaban J connectivity index is 2.68. The molecule has 0 bridgehead atoms. The molecule has 1 aromatic rings. The summed E-state index contributed by atoms with van der Waals surface area (Å²) in [6.45, 7) is 5.44. The van der Waals surface area contributed by atoms with Gasteiger partial charge in [0.25, 0.3) is 0 Å². The second-order valence-electron chi connectivity index (χ2n) is 4.75. The molecule has 1 aliphatic rings. The van der Waals surface area contributed by atoms with E-state index in [1.54, 1.807) is 0 Å². The summed E-state index contributed by atoms with van der Waals surface area (Å²) in [6, 6.07) is 3.86. The summed E-state index contributed by atoms with van der Waals surface area (Å²) in [6.07, 6.45) is 0.893. The maximum atomic E-state index is 10.8. The van der Waals surface area contributed by atoms with Crippen molar-refractivity contribution >= 4 is 27.9 Å². The van der Waals surface area contributed by atoms with Gasteiger partial charge in [-0.2, -0.15) is 0 Å². The third kappa shape index (κ3) is 1.59. The van der Waals surface area contributed by atoms with E-state index in [0.29, 0.717) is 0 Å². The average Bonchev–Trinajstić information content (AvgIpc) is 2.37. The molecular formula is C12H14BrNO. The molecule has 0 saturated carbocycles. The van der Waals surface area contributed by atoms with Crippen molar-refractivity contribution in [2.24, 2.45) is 0 Å². The van der Waals surface area contributed by atoms with E-state index < -0.39 is 0 Å². The van der Waals surface area contributed by atoms with Gasteiger partial charge in [-0.05, 0) is 17.7 Å². The van der Waals surface area contributed by atoms with Gasteiger partial charge in [-0.25, -0.2) is 0 Å². The Morgan fingerprint density at radius 1 is 1.47 bits per heavy atom. The van der Waals surface area contributed by atoms with Crippen molar-refractivity contribution in [1.29, 1.82) is 0 Å². The van der Waals surface area contributed by atoms with E-state index in [2.05, 4.69) is 41.7 Å². The Morgan fingerprint density at radius 2 is 2.13 bits per heavy atom. The highest BCUT2D eigenvalue weighted by Gasteiger charge is 2.35. The van der Waals surface area contributed by atoms with Crippen molar-refractivity contribution in [3.8, 4) is 0 Å². The van der Waals surface area contributed by atoms with Crippen LogP contribution in [0.1, 0.15) is 29.8 Å². The van der Waals surface area contributed by atoms with Crippen LogP contribution in [0.4, 0.5) is 5.69 Å². The first-order valence-corrected chi connectivity index (χ1v) is 5.75. The van der Waals surface area contributed by atoms with E-state index in [9.17, 15) is 4.79 Å². The van der Waals surface area contributed by atoms with Gasteiger partial charge in [0.1, 0.15) is 6.29 Å². The second-order valence-corrected chi connectivity index (χ2v) is 5.61. The summed E-state index contributed by atoms with van der Waals surface area (Å²) < 4.78 is 1.04. The van der Waals surface area contributed by atoms with E-state index in [1.165, 1.54) is 5.56 Å². The van der Waals surface area contributed by atoms with Crippen molar-refractivity contribution in [3.63, 3.8) is 0 Å². The van der Waals surface area contributed by atoms with E-state index >= 15 is 0 Å². The Kier molecular flexibility index (Phi) is 2.38. The SMILES string of the molecule is CN1CC(C)(C)c2c(Br)cc(C=O)cc21. The molecule has 0 atom stereocenters. The molecule has 0 saturated heterocycles. The quantitative estimate of drug-likeness (QED) is 0.730.